The van der Waals surface area contributed by atoms with Crippen LogP contribution in [0.3, 0.4) is 0 Å². The Morgan fingerprint density at radius 3 is 2.95 bits per heavy atom. The highest BCUT2D eigenvalue weighted by Gasteiger charge is 2.26. The van der Waals surface area contributed by atoms with Gasteiger partial charge in [-0.05, 0) is 25.0 Å². The van der Waals surface area contributed by atoms with Crippen molar-refractivity contribution in [1.82, 2.24) is 25.1 Å². The zero-order chi connectivity index (χ0) is 13.8. The average Bonchev–Trinajstić information content (AvgIpc) is 2.56. The van der Waals surface area contributed by atoms with Crippen LogP contribution >= 0.6 is 0 Å². The van der Waals surface area contributed by atoms with Crippen LogP contribution in [0.15, 0.2) is 37.1 Å². The zero-order valence-electron chi connectivity index (χ0n) is 11.0. The molecular formula is C14H15N5O. The van der Waals surface area contributed by atoms with E-state index in [1.165, 1.54) is 6.20 Å². The molecule has 3 heterocycles. The van der Waals surface area contributed by atoms with Crippen LogP contribution in [-0.2, 0) is 0 Å². The summed E-state index contributed by atoms with van der Waals surface area (Å²) in [6.45, 7) is 1.47. The number of likely N-dealkylation sites (tertiary alicyclic amines) is 1. The van der Waals surface area contributed by atoms with Gasteiger partial charge in [0.05, 0.1) is 18.0 Å². The van der Waals surface area contributed by atoms with Crippen LogP contribution in [0.4, 0.5) is 0 Å². The van der Waals surface area contributed by atoms with Crippen LogP contribution in [0.5, 0.6) is 0 Å². The third-order valence-electron chi connectivity index (χ3n) is 3.56. The van der Waals surface area contributed by atoms with Gasteiger partial charge in [0.15, 0.2) is 0 Å². The number of nitrogens with zero attached hydrogens (tertiary/aromatic N) is 5. The second-order valence-electron chi connectivity index (χ2n) is 4.86. The first kappa shape index (κ1) is 12.7. The average molecular weight is 269 g/mol. The molecule has 102 valence electrons. The maximum Gasteiger partial charge on any atom is 0.255 e. The van der Waals surface area contributed by atoms with E-state index >= 15 is 0 Å². The molecule has 6 heteroatoms. The molecule has 1 fully saturated rings. The molecule has 0 saturated carbocycles. The maximum atomic E-state index is 12.4. The molecule has 1 aliphatic rings. The Hall–Kier alpha value is -2.37. The first-order chi connectivity index (χ1) is 9.84. The topological polar surface area (TPSA) is 71.9 Å². The van der Waals surface area contributed by atoms with E-state index in [9.17, 15) is 4.79 Å². The molecule has 1 saturated heterocycles. The molecule has 6 nitrogen and oxygen atoms in total. The van der Waals surface area contributed by atoms with Crippen LogP contribution < -0.4 is 0 Å². The summed E-state index contributed by atoms with van der Waals surface area (Å²) in [5.41, 5.74) is 1.59. The summed E-state index contributed by atoms with van der Waals surface area (Å²) >= 11 is 0. The maximum absolute atomic E-state index is 12.4. The van der Waals surface area contributed by atoms with Gasteiger partial charge < -0.3 is 4.90 Å². The lowest BCUT2D eigenvalue weighted by Gasteiger charge is -2.32. The molecule has 2 aromatic rings. The van der Waals surface area contributed by atoms with Crippen molar-refractivity contribution in [2.45, 2.75) is 18.8 Å². The SMILES string of the molecule is O=C(c1ccnnc1)N1CCC[C@@H](c2ccncn2)C1. The van der Waals surface area contributed by atoms with Crippen molar-refractivity contribution in [3.05, 3.63) is 48.3 Å². The lowest BCUT2D eigenvalue weighted by Crippen LogP contribution is -2.39. The lowest BCUT2D eigenvalue weighted by molar-refractivity contribution is 0.0705. The van der Waals surface area contributed by atoms with Crippen LogP contribution in [0.2, 0.25) is 0 Å². The van der Waals surface area contributed by atoms with Crippen molar-refractivity contribution in [2.75, 3.05) is 13.1 Å². The molecule has 1 amide bonds. The van der Waals surface area contributed by atoms with E-state index in [0.717, 1.165) is 25.1 Å². The van der Waals surface area contributed by atoms with Gasteiger partial charge in [0.1, 0.15) is 6.33 Å². The summed E-state index contributed by atoms with van der Waals surface area (Å²) in [6, 6.07) is 3.62. The fourth-order valence-electron chi connectivity index (χ4n) is 2.55. The Balaban J connectivity index is 1.74. The number of amides is 1. The lowest BCUT2D eigenvalue weighted by atomic mass is 9.94. The quantitative estimate of drug-likeness (QED) is 0.821. The summed E-state index contributed by atoms with van der Waals surface area (Å²) in [5.74, 6) is 0.296. The van der Waals surface area contributed by atoms with E-state index < -0.39 is 0 Å². The molecule has 0 radical (unpaired) electrons. The van der Waals surface area contributed by atoms with E-state index in [1.54, 1.807) is 24.8 Å². The van der Waals surface area contributed by atoms with Gasteiger partial charge in [-0.15, -0.1) is 0 Å². The minimum atomic E-state index is 0.0126. The van der Waals surface area contributed by atoms with Crippen molar-refractivity contribution in [3.8, 4) is 0 Å². The summed E-state index contributed by atoms with van der Waals surface area (Å²) in [6.07, 6.45) is 8.39. The summed E-state index contributed by atoms with van der Waals surface area (Å²) in [5, 5.41) is 7.46. The number of carbonyl (C=O) groups is 1. The first-order valence-electron chi connectivity index (χ1n) is 6.66. The van der Waals surface area contributed by atoms with Gasteiger partial charge in [-0.2, -0.15) is 10.2 Å². The van der Waals surface area contributed by atoms with E-state index in [0.29, 0.717) is 12.1 Å². The highest BCUT2D eigenvalue weighted by Crippen LogP contribution is 2.25. The minimum Gasteiger partial charge on any atom is -0.338 e. The largest absolute Gasteiger partial charge is 0.338 e. The molecule has 20 heavy (non-hydrogen) atoms. The number of hydrogen-bond acceptors (Lipinski definition) is 5. The summed E-state index contributed by atoms with van der Waals surface area (Å²) in [7, 11) is 0. The van der Waals surface area contributed by atoms with Gasteiger partial charge in [-0.25, -0.2) is 9.97 Å². The Morgan fingerprint density at radius 1 is 1.25 bits per heavy atom. The van der Waals surface area contributed by atoms with Gasteiger partial charge in [0.2, 0.25) is 0 Å². The molecule has 0 N–H and O–H groups in total. The molecule has 0 bridgehead atoms. The van der Waals surface area contributed by atoms with Crippen molar-refractivity contribution < 1.29 is 4.79 Å². The summed E-state index contributed by atoms with van der Waals surface area (Å²) in [4.78, 5) is 22.5. The van der Waals surface area contributed by atoms with Gasteiger partial charge in [-0.1, -0.05) is 0 Å². The molecule has 0 spiro atoms. The van der Waals surface area contributed by atoms with Crippen molar-refractivity contribution >= 4 is 5.91 Å². The van der Waals surface area contributed by atoms with E-state index in [1.807, 2.05) is 11.0 Å². The van der Waals surface area contributed by atoms with Gasteiger partial charge in [0.25, 0.3) is 5.91 Å². The molecule has 0 unspecified atom stereocenters. The Bertz CT molecular complexity index is 575. The fourth-order valence-corrected chi connectivity index (χ4v) is 2.55. The van der Waals surface area contributed by atoms with Crippen LogP contribution in [-0.4, -0.2) is 44.1 Å². The number of carbonyl (C=O) groups excluding carboxylic acids is 1. The number of aromatic nitrogens is 4. The van der Waals surface area contributed by atoms with Crippen molar-refractivity contribution in [3.63, 3.8) is 0 Å². The molecule has 1 aliphatic heterocycles. The smallest absolute Gasteiger partial charge is 0.255 e. The van der Waals surface area contributed by atoms with Gasteiger partial charge in [-0.3, -0.25) is 4.79 Å². The molecule has 2 aromatic heterocycles. The van der Waals surface area contributed by atoms with Crippen molar-refractivity contribution in [1.29, 1.82) is 0 Å². The predicted octanol–water partition coefficient (Wildman–Crippen LogP) is 1.29. The highest BCUT2D eigenvalue weighted by atomic mass is 16.2. The zero-order valence-corrected chi connectivity index (χ0v) is 11.0. The molecule has 0 aromatic carbocycles. The molecule has 1 atom stereocenters. The van der Waals surface area contributed by atoms with E-state index in [2.05, 4.69) is 20.2 Å². The minimum absolute atomic E-state index is 0.0126. The predicted molar refractivity (Wildman–Crippen MR) is 71.9 cm³/mol. The Kier molecular flexibility index (Phi) is 3.62. The van der Waals surface area contributed by atoms with Crippen LogP contribution in [0.1, 0.15) is 34.8 Å². The van der Waals surface area contributed by atoms with E-state index in [-0.39, 0.29) is 11.8 Å². The Morgan fingerprint density at radius 2 is 2.20 bits per heavy atom. The third-order valence-corrected chi connectivity index (χ3v) is 3.56. The van der Waals surface area contributed by atoms with E-state index in [4.69, 9.17) is 0 Å². The number of rotatable bonds is 2. The van der Waals surface area contributed by atoms with Crippen LogP contribution in [0, 0.1) is 0 Å². The normalized spacial score (nSPS) is 18.8. The monoisotopic (exact) mass is 269 g/mol. The second-order valence-corrected chi connectivity index (χ2v) is 4.86. The molecule has 3 rings (SSSR count). The van der Waals surface area contributed by atoms with Crippen LogP contribution in [0.25, 0.3) is 0 Å². The van der Waals surface area contributed by atoms with Gasteiger partial charge >= 0.3 is 0 Å². The van der Waals surface area contributed by atoms with Crippen molar-refractivity contribution in [2.24, 2.45) is 0 Å². The Labute approximate surface area is 116 Å². The third kappa shape index (κ3) is 2.64. The standard InChI is InChI=1S/C14H15N5O/c20-14(11-3-6-17-18-8-11)19-7-1-2-12(9-19)13-4-5-15-10-16-13/h3-6,8,10,12H,1-2,7,9H2/t12-/m1/s1. The fraction of sp³-hybridized carbons (Fsp3) is 0.357. The highest BCUT2D eigenvalue weighted by molar-refractivity contribution is 5.93. The second kappa shape index (κ2) is 5.73. The summed E-state index contributed by atoms with van der Waals surface area (Å²) < 4.78 is 0. The molecule has 0 aliphatic carbocycles. The van der Waals surface area contributed by atoms with Gasteiger partial charge in [0, 0.05) is 30.9 Å². The first-order valence-corrected chi connectivity index (χ1v) is 6.66. The number of piperidine rings is 1. The number of hydrogen-bond donors (Lipinski definition) is 0. The molecular weight excluding hydrogens is 254 g/mol.